The predicted molar refractivity (Wildman–Crippen MR) is 85.1 cm³/mol. The maximum atomic E-state index is 11.3. The Hall–Kier alpha value is -4.83. The van der Waals surface area contributed by atoms with Crippen molar-refractivity contribution in [3.63, 3.8) is 0 Å². The van der Waals surface area contributed by atoms with E-state index in [1.54, 1.807) is 0 Å². The molecule has 142 valence electrons. The number of nitro groups is 4. The first-order valence-electron chi connectivity index (χ1n) is 6.91. The fourth-order valence-electron chi connectivity index (χ4n) is 2.13. The molecule has 0 N–H and O–H groups in total. The van der Waals surface area contributed by atoms with Gasteiger partial charge in [0.05, 0.1) is 19.7 Å². The molecule has 3 aromatic rings. The van der Waals surface area contributed by atoms with E-state index in [9.17, 15) is 40.5 Å². The van der Waals surface area contributed by atoms with E-state index in [1.165, 1.54) is 0 Å². The second kappa shape index (κ2) is 6.48. The number of hydrogen-bond acceptors (Lipinski definition) is 11. The van der Waals surface area contributed by atoms with Crippen molar-refractivity contribution in [2.45, 2.75) is 0 Å². The van der Waals surface area contributed by atoms with E-state index in [1.807, 2.05) is 0 Å². The summed E-state index contributed by atoms with van der Waals surface area (Å²) < 4.78 is 1.36. The van der Waals surface area contributed by atoms with Gasteiger partial charge in [0.1, 0.15) is 30.9 Å². The summed E-state index contributed by atoms with van der Waals surface area (Å²) in [7, 11) is 0. The molecule has 0 fully saturated rings. The van der Waals surface area contributed by atoms with Crippen molar-refractivity contribution < 1.29 is 19.7 Å². The third kappa shape index (κ3) is 3.05. The maximum Gasteiger partial charge on any atom is 0.320 e. The van der Waals surface area contributed by atoms with Gasteiger partial charge in [-0.3, -0.25) is 40.5 Å². The second-order valence-corrected chi connectivity index (χ2v) is 4.99. The quantitative estimate of drug-likeness (QED) is 0.427. The lowest BCUT2D eigenvalue weighted by Gasteiger charge is -2.06. The van der Waals surface area contributed by atoms with Gasteiger partial charge in [0.2, 0.25) is 11.6 Å². The van der Waals surface area contributed by atoms with Gasteiger partial charge in [-0.05, 0) is 0 Å². The Morgan fingerprint density at radius 2 is 1.07 bits per heavy atom. The minimum absolute atomic E-state index is 0.509. The average molecular weight is 391 g/mol. The highest BCUT2D eigenvalue weighted by molar-refractivity contribution is 5.60. The molecule has 0 saturated heterocycles. The molecule has 0 saturated carbocycles. The van der Waals surface area contributed by atoms with E-state index in [0.717, 1.165) is 24.8 Å². The molecule has 0 aliphatic heterocycles. The van der Waals surface area contributed by atoms with Crippen molar-refractivity contribution in [2.24, 2.45) is 0 Å². The summed E-state index contributed by atoms with van der Waals surface area (Å²) in [6.07, 6.45) is 3.23. The SMILES string of the molecule is O=[N+]([O-])c1cnn(-c2nc(-n3cc([N+](=O)[O-])cn3)c([N+](=O)[O-])cc2[N+](=O)[O-])c1. The van der Waals surface area contributed by atoms with Crippen molar-refractivity contribution in [1.82, 2.24) is 24.5 Å². The van der Waals surface area contributed by atoms with Crippen molar-refractivity contribution in [3.8, 4) is 11.6 Å². The van der Waals surface area contributed by atoms with Gasteiger partial charge < -0.3 is 0 Å². The second-order valence-electron chi connectivity index (χ2n) is 4.99. The molecule has 3 rings (SSSR count). The third-order valence-electron chi connectivity index (χ3n) is 3.33. The zero-order valence-corrected chi connectivity index (χ0v) is 13.2. The monoisotopic (exact) mass is 391 g/mol. The zero-order chi connectivity index (χ0) is 20.6. The molecular formula is C11H5N9O8. The molecule has 0 aliphatic carbocycles. The molecule has 0 aromatic carbocycles. The Morgan fingerprint density at radius 1 is 0.679 bits per heavy atom. The van der Waals surface area contributed by atoms with Gasteiger partial charge in [0.25, 0.3) is 0 Å². The Morgan fingerprint density at radius 3 is 1.36 bits per heavy atom. The zero-order valence-electron chi connectivity index (χ0n) is 13.2. The topological polar surface area (TPSA) is 221 Å². The van der Waals surface area contributed by atoms with E-state index >= 15 is 0 Å². The van der Waals surface area contributed by atoms with Gasteiger partial charge in [-0.2, -0.15) is 15.2 Å². The summed E-state index contributed by atoms with van der Waals surface area (Å²) in [5, 5.41) is 51.4. The molecule has 17 nitrogen and oxygen atoms in total. The van der Waals surface area contributed by atoms with Crippen LogP contribution in [0.3, 0.4) is 0 Å². The summed E-state index contributed by atoms with van der Waals surface area (Å²) in [6, 6.07) is 0.554. The molecule has 0 aliphatic rings. The van der Waals surface area contributed by atoms with Crippen LogP contribution in [0.5, 0.6) is 0 Å². The molecule has 3 aromatic heterocycles. The molecule has 28 heavy (non-hydrogen) atoms. The van der Waals surface area contributed by atoms with E-state index in [-0.39, 0.29) is 0 Å². The van der Waals surface area contributed by atoms with E-state index in [0.29, 0.717) is 15.4 Å². The Balaban J connectivity index is 2.28. The van der Waals surface area contributed by atoms with Crippen LogP contribution in [0.2, 0.25) is 0 Å². The summed E-state index contributed by atoms with van der Waals surface area (Å²) in [6.45, 7) is 0. The number of rotatable bonds is 6. The predicted octanol–water partition coefficient (Wildman–Crippen LogP) is 1.09. The van der Waals surface area contributed by atoms with Crippen molar-refractivity contribution in [3.05, 3.63) is 71.3 Å². The molecule has 3 heterocycles. The Labute approximate surface area is 151 Å². The van der Waals surface area contributed by atoms with E-state index in [2.05, 4.69) is 15.2 Å². The van der Waals surface area contributed by atoms with E-state index < -0.39 is 54.1 Å². The molecule has 0 bridgehead atoms. The minimum atomic E-state index is -0.988. The van der Waals surface area contributed by atoms with Crippen LogP contribution in [0.4, 0.5) is 22.7 Å². The third-order valence-corrected chi connectivity index (χ3v) is 3.33. The van der Waals surface area contributed by atoms with Crippen LogP contribution >= 0.6 is 0 Å². The number of hydrogen-bond donors (Lipinski definition) is 0. The van der Waals surface area contributed by atoms with Crippen LogP contribution < -0.4 is 0 Å². The lowest BCUT2D eigenvalue weighted by atomic mass is 10.3. The first-order valence-corrected chi connectivity index (χ1v) is 6.91. The molecule has 0 radical (unpaired) electrons. The van der Waals surface area contributed by atoms with Crippen molar-refractivity contribution >= 4 is 22.7 Å². The lowest BCUT2D eigenvalue weighted by Crippen LogP contribution is -2.10. The van der Waals surface area contributed by atoms with Crippen LogP contribution in [0.15, 0.2) is 30.9 Å². The molecular weight excluding hydrogens is 386 g/mol. The van der Waals surface area contributed by atoms with Crippen molar-refractivity contribution in [2.75, 3.05) is 0 Å². The Kier molecular flexibility index (Phi) is 4.16. The summed E-state index contributed by atoms with van der Waals surface area (Å²) in [5.41, 5.74) is -2.75. The minimum Gasteiger partial charge on any atom is -0.258 e. The summed E-state index contributed by atoms with van der Waals surface area (Å²) in [5.74, 6) is -1.17. The highest BCUT2D eigenvalue weighted by Crippen LogP contribution is 2.31. The maximum absolute atomic E-state index is 11.3. The van der Waals surface area contributed by atoms with Crippen LogP contribution in [-0.2, 0) is 0 Å². The van der Waals surface area contributed by atoms with Gasteiger partial charge in [0.15, 0.2) is 0 Å². The van der Waals surface area contributed by atoms with Crippen LogP contribution in [0, 0.1) is 40.5 Å². The number of pyridine rings is 1. The number of aromatic nitrogens is 5. The van der Waals surface area contributed by atoms with Crippen LogP contribution in [0.25, 0.3) is 11.6 Å². The van der Waals surface area contributed by atoms with Crippen LogP contribution in [0.1, 0.15) is 0 Å². The average Bonchev–Trinajstić information content (AvgIpc) is 3.30. The summed E-state index contributed by atoms with van der Waals surface area (Å²) in [4.78, 5) is 44.4. The smallest absolute Gasteiger partial charge is 0.258 e. The summed E-state index contributed by atoms with van der Waals surface area (Å²) >= 11 is 0. The first kappa shape index (κ1) is 18.0. The molecule has 0 atom stereocenters. The van der Waals surface area contributed by atoms with Gasteiger partial charge in [-0.15, -0.1) is 0 Å². The van der Waals surface area contributed by atoms with Crippen molar-refractivity contribution in [1.29, 1.82) is 0 Å². The highest BCUT2D eigenvalue weighted by atomic mass is 16.6. The Bertz CT molecular complexity index is 1060. The van der Waals surface area contributed by atoms with Gasteiger partial charge in [-0.25, -0.2) is 9.36 Å². The fourth-order valence-corrected chi connectivity index (χ4v) is 2.13. The largest absolute Gasteiger partial charge is 0.320 e. The molecule has 0 amide bonds. The lowest BCUT2D eigenvalue weighted by molar-refractivity contribution is -0.394. The van der Waals surface area contributed by atoms with Gasteiger partial charge in [0, 0.05) is 0 Å². The van der Waals surface area contributed by atoms with Crippen LogP contribution in [-0.4, -0.2) is 44.2 Å². The molecule has 0 unspecified atom stereocenters. The van der Waals surface area contributed by atoms with Gasteiger partial charge in [-0.1, -0.05) is 0 Å². The first-order chi connectivity index (χ1) is 13.2. The molecule has 0 spiro atoms. The van der Waals surface area contributed by atoms with Gasteiger partial charge >= 0.3 is 22.7 Å². The highest BCUT2D eigenvalue weighted by Gasteiger charge is 2.30. The molecule has 17 heteroatoms. The number of nitrogens with zero attached hydrogens (tertiary/aromatic N) is 9. The van der Waals surface area contributed by atoms with E-state index in [4.69, 9.17) is 0 Å². The normalized spacial score (nSPS) is 10.6. The standard InChI is InChI=1S/C11H5N9O8/c21-17(22)6-2-12-15(4-6)10-8(19(25)26)1-9(20(27)28)11(14-10)16-5-7(3-13-16)18(23)24/h1-5H. The fraction of sp³-hybridized carbons (Fsp3) is 0.